The Morgan fingerprint density at radius 3 is 2.04 bits per heavy atom. The maximum atomic E-state index is 12.5. The summed E-state index contributed by atoms with van der Waals surface area (Å²) in [6, 6.07) is 22.5. The fourth-order valence-corrected chi connectivity index (χ4v) is 2.43. The van der Waals surface area contributed by atoms with Gasteiger partial charge in [0.05, 0.1) is 11.3 Å². The van der Waals surface area contributed by atoms with Crippen LogP contribution in [-0.4, -0.2) is 11.8 Å². The second-order valence-corrected chi connectivity index (χ2v) is 5.76. The summed E-state index contributed by atoms with van der Waals surface area (Å²) in [4.78, 5) is 24.9. The minimum absolute atomic E-state index is 0.271. The van der Waals surface area contributed by atoms with Crippen molar-refractivity contribution in [2.24, 2.45) is 0 Å². The number of hydrogen-bond acceptors (Lipinski definition) is 2. The number of anilines is 2. The average Bonchev–Trinajstić information content (AvgIpc) is 2.64. The molecule has 0 saturated carbocycles. The molecule has 0 aliphatic heterocycles. The molecule has 0 bridgehead atoms. The van der Waals surface area contributed by atoms with Crippen LogP contribution in [0.25, 0.3) is 0 Å². The zero-order valence-electron chi connectivity index (χ0n) is 13.2. The van der Waals surface area contributed by atoms with E-state index in [1.54, 1.807) is 72.8 Å². The van der Waals surface area contributed by atoms with Crippen molar-refractivity contribution >= 4 is 34.8 Å². The molecule has 5 heteroatoms. The quantitative estimate of drug-likeness (QED) is 0.707. The summed E-state index contributed by atoms with van der Waals surface area (Å²) < 4.78 is 0. The number of para-hydroxylation sites is 1. The van der Waals surface area contributed by atoms with E-state index in [1.165, 1.54) is 0 Å². The minimum Gasteiger partial charge on any atom is -0.322 e. The van der Waals surface area contributed by atoms with Crippen molar-refractivity contribution in [3.8, 4) is 0 Å². The van der Waals surface area contributed by atoms with Gasteiger partial charge in [0.2, 0.25) is 0 Å². The van der Waals surface area contributed by atoms with E-state index in [4.69, 9.17) is 11.6 Å². The third-order valence-electron chi connectivity index (χ3n) is 3.56. The molecule has 3 rings (SSSR count). The van der Waals surface area contributed by atoms with Gasteiger partial charge < -0.3 is 10.6 Å². The van der Waals surface area contributed by atoms with E-state index in [-0.39, 0.29) is 11.8 Å². The van der Waals surface area contributed by atoms with Gasteiger partial charge in [0.15, 0.2) is 0 Å². The van der Waals surface area contributed by atoms with Gasteiger partial charge in [0.25, 0.3) is 11.8 Å². The lowest BCUT2D eigenvalue weighted by Gasteiger charge is -2.11. The van der Waals surface area contributed by atoms with Crippen LogP contribution in [0.3, 0.4) is 0 Å². The van der Waals surface area contributed by atoms with Crippen LogP contribution in [0.1, 0.15) is 20.7 Å². The molecule has 0 unspecified atom stereocenters. The van der Waals surface area contributed by atoms with Crippen molar-refractivity contribution < 1.29 is 9.59 Å². The lowest BCUT2D eigenvalue weighted by molar-refractivity contribution is 0.102. The first-order valence-electron chi connectivity index (χ1n) is 7.66. The van der Waals surface area contributed by atoms with Crippen molar-refractivity contribution in [2.45, 2.75) is 0 Å². The molecular weight excluding hydrogens is 336 g/mol. The zero-order valence-corrected chi connectivity index (χ0v) is 14.0. The van der Waals surface area contributed by atoms with Crippen LogP contribution in [0.4, 0.5) is 11.4 Å². The van der Waals surface area contributed by atoms with Crippen LogP contribution in [0, 0.1) is 0 Å². The molecule has 0 heterocycles. The molecule has 0 fully saturated rings. The van der Waals surface area contributed by atoms with E-state index >= 15 is 0 Å². The number of benzene rings is 3. The second-order valence-electron chi connectivity index (χ2n) is 5.33. The Kier molecular flexibility index (Phi) is 5.11. The Morgan fingerprint density at radius 1 is 0.680 bits per heavy atom. The number of nitrogens with one attached hydrogen (secondary N) is 2. The maximum absolute atomic E-state index is 12.5. The van der Waals surface area contributed by atoms with Crippen LogP contribution in [0.2, 0.25) is 5.02 Å². The van der Waals surface area contributed by atoms with Crippen LogP contribution >= 0.6 is 11.6 Å². The number of halogens is 1. The monoisotopic (exact) mass is 350 g/mol. The first-order valence-corrected chi connectivity index (χ1v) is 8.03. The Balaban J connectivity index is 1.79. The van der Waals surface area contributed by atoms with Gasteiger partial charge in [0, 0.05) is 16.3 Å². The smallest absolute Gasteiger partial charge is 0.257 e. The molecule has 124 valence electrons. The Hall–Kier alpha value is -3.11. The fourth-order valence-electron chi connectivity index (χ4n) is 2.31. The van der Waals surface area contributed by atoms with Gasteiger partial charge in [-0.05, 0) is 48.5 Å². The number of amides is 2. The Labute approximate surface area is 150 Å². The summed E-state index contributed by atoms with van der Waals surface area (Å²) in [5, 5.41) is 6.16. The molecule has 3 aromatic carbocycles. The first kappa shape index (κ1) is 16.7. The highest BCUT2D eigenvalue weighted by molar-refractivity contribution is 6.30. The summed E-state index contributed by atoms with van der Waals surface area (Å²) in [6.45, 7) is 0. The number of carbonyl (C=O) groups excluding carboxylic acids is 2. The molecule has 0 radical (unpaired) electrons. The summed E-state index contributed by atoms with van der Waals surface area (Å²) in [5.41, 5.74) is 1.97. The highest BCUT2D eigenvalue weighted by Crippen LogP contribution is 2.19. The third-order valence-corrected chi connectivity index (χ3v) is 3.81. The predicted octanol–water partition coefficient (Wildman–Crippen LogP) is 4.84. The summed E-state index contributed by atoms with van der Waals surface area (Å²) in [5.74, 6) is -0.585. The molecular formula is C20H15ClN2O2. The SMILES string of the molecule is O=C(Nc1ccccc1C(=O)Nc1ccc(Cl)cc1)c1ccccc1. The molecule has 0 aliphatic carbocycles. The van der Waals surface area contributed by atoms with Gasteiger partial charge in [-0.15, -0.1) is 0 Å². The number of carbonyl (C=O) groups is 2. The van der Waals surface area contributed by atoms with E-state index in [9.17, 15) is 9.59 Å². The first-order chi connectivity index (χ1) is 12.1. The van der Waals surface area contributed by atoms with Gasteiger partial charge in [-0.1, -0.05) is 41.9 Å². The molecule has 0 aliphatic rings. The van der Waals surface area contributed by atoms with E-state index < -0.39 is 0 Å². The third kappa shape index (κ3) is 4.25. The highest BCUT2D eigenvalue weighted by atomic mass is 35.5. The van der Waals surface area contributed by atoms with Gasteiger partial charge in [0.1, 0.15) is 0 Å². The molecule has 25 heavy (non-hydrogen) atoms. The molecule has 2 amide bonds. The van der Waals surface area contributed by atoms with E-state index in [0.717, 1.165) is 0 Å². The molecule has 0 atom stereocenters. The molecule has 3 aromatic rings. The van der Waals surface area contributed by atoms with E-state index in [2.05, 4.69) is 10.6 Å². The molecule has 4 nitrogen and oxygen atoms in total. The summed E-state index contributed by atoms with van der Waals surface area (Å²) in [7, 11) is 0. The van der Waals surface area contributed by atoms with Crippen LogP contribution < -0.4 is 10.6 Å². The molecule has 0 spiro atoms. The topological polar surface area (TPSA) is 58.2 Å². The summed E-state index contributed by atoms with van der Waals surface area (Å²) in [6.07, 6.45) is 0. The molecule has 2 N–H and O–H groups in total. The average molecular weight is 351 g/mol. The van der Waals surface area contributed by atoms with Crippen molar-refractivity contribution in [3.05, 3.63) is 95.0 Å². The lowest BCUT2D eigenvalue weighted by Crippen LogP contribution is -2.18. The molecule has 0 saturated heterocycles. The largest absolute Gasteiger partial charge is 0.322 e. The summed E-state index contributed by atoms with van der Waals surface area (Å²) >= 11 is 5.85. The number of hydrogen-bond donors (Lipinski definition) is 2. The Morgan fingerprint density at radius 2 is 1.32 bits per heavy atom. The van der Waals surface area contributed by atoms with Gasteiger partial charge >= 0.3 is 0 Å². The Bertz CT molecular complexity index is 893. The fraction of sp³-hybridized carbons (Fsp3) is 0. The van der Waals surface area contributed by atoms with Crippen LogP contribution in [-0.2, 0) is 0 Å². The van der Waals surface area contributed by atoms with Gasteiger partial charge in [-0.2, -0.15) is 0 Å². The number of rotatable bonds is 4. The molecule has 0 aromatic heterocycles. The van der Waals surface area contributed by atoms with Crippen LogP contribution in [0.15, 0.2) is 78.9 Å². The standard InChI is InChI=1S/C20H15ClN2O2/c21-15-10-12-16(13-11-15)22-20(25)17-8-4-5-9-18(17)23-19(24)14-6-2-1-3-7-14/h1-13H,(H,22,25)(H,23,24). The predicted molar refractivity (Wildman–Crippen MR) is 100 cm³/mol. The van der Waals surface area contributed by atoms with Crippen molar-refractivity contribution in [3.63, 3.8) is 0 Å². The highest BCUT2D eigenvalue weighted by Gasteiger charge is 2.14. The normalized spacial score (nSPS) is 10.1. The zero-order chi connectivity index (χ0) is 17.6. The van der Waals surface area contributed by atoms with E-state index in [1.807, 2.05) is 6.07 Å². The van der Waals surface area contributed by atoms with Crippen LogP contribution in [0.5, 0.6) is 0 Å². The van der Waals surface area contributed by atoms with Crippen molar-refractivity contribution in [1.82, 2.24) is 0 Å². The van der Waals surface area contributed by atoms with E-state index in [0.29, 0.717) is 27.5 Å². The second kappa shape index (κ2) is 7.64. The van der Waals surface area contributed by atoms with Gasteiger partial charge in [-0.3, -0.25) is 9.59 Å². The maximum Gasteiger partial charge on any atom is 0.257 e. The van der Waals surface area contributed by atoms with Gasteiger partial charge in [-0.25, -0.2) is 0 Å². The minimum atomic E-state index is -0.314. The van der Waals surface area contributed by atoms with Crippen molar-refractivity contribution in [2.75, 3.05) is 10.6 Å². The lowest BCUT2D eigenvalue weighted by atomic mass is 10.1. The van der Waals surface area contributed by atoms with Crippen molar-refractivity contribution in [1.29, 1.82) is 0 Å².